The smallest absolute Gasteiger partial charge is 0.145 e. The molecule has 4 heteroatoms. The maximum Gasteiger partial charge on any atom is 0.145 e. The summed E-state index contributed by atoms with van der Waals surface area (Å²) in [7, 11) is 0. The summed E-state index contributed by atoms with van der Waals surface area (Å²) in [5, 5.41) is 0. The molecule has 0 saturated heterocycles. The van der Waals surface area contributed by atoms with Gasteiger partial charge in [-0.25, -0.2) is 8.78 Å². The second kappa shape index (κ2) is 5.39. The van der Waals surface area contributed by atoms with Gasteiger partial charge in [0.15, 0.2) is 0 Å². The van der Waals surface area contributed by atoms with Crippen LogP contribution >= 0.6 is 15.9 Å². The monoisotopic (exact) mass is 325 g/mol. The molecule has 0 radical (unpaired) electrons. The molecule has 19 heavy (non-hydrogen) atoms. The third kappa shape index (κ3) is 2.69. The first-order valence-corrected chi connectivity index (χ1v) is 6.67. The molecule has 1 nitrogen and oxygen atoms in total. The quantitative estimate of drug-likeness (QED) is 0.814. The van der Waals surface area contributed by atoms with Crippen molar-refractivity contribution in [3.8, 4) is 0 Å². The van der Waals surface area contributed by atoms with Crippen molar-refractivity contribution in [1.29, 1.82) is 0 Å². The largest absolute Gasteiger partial charge is 0.320 e. The molecule has 2 N–H and O–H groups in total. The highest BCUT2D eigenvalue weighted by Gasteiger charge is 2.20. The zero-order valence-electron chi connectivity index (χ0n) is 10.7. The fraction of sp³-hybridized carbons (Fsp3) is 0.200. The minimum absolute atomic E-state index is 0.113. The van der Waals surface area contributed by atoms with Gasteiger partial charge >= 0.3 is 0 Å². The van der Waals surface area contributed by atoms with Crippen LogP contribution in [0.25, 0.3) is 0 Å². The highest BCUT2D eigenvalue weighted by Crippen LogP contribution is 2.29. The summed E-state index contributed by atoms with van der Waals surface area (Å²) in [6, 6.07) is 7.28. The summed E-state index contributed by atoms with van der Waals surface area (Å²) in [5.74, 6) is -1.28. The third-order valence-electron chi connectivity index (χ3n) is 3.28. The van der Waals surface area contributed by atoms with Crippen LogP contribution in [0.1, 0.15) is 28.3 Å². The molecule has 2 aromatic rings. The van der Waals surface area contributed by atoms with Crippen LogP contribution in [0.3, 0.4) is 0 Å². The molecule has 0 heterocycles. The first-order chi connectivity index (χ1) is 8.91. The van der Waals surface area contributed by atoms with E-state index in [4.69, 9.17) is 5.73 Å². The van der Waals surface area contributed by atoms with E-state index in [0.717, 1.165) is 11.1 Å². The lowest BCUT2D eigenvalue weighted by Gasteiger charge is -2.16. The van der Waals surface area contributed by atoms with Crippen LogP contribution in [-0.4, -0.2) is 0 Å². The zero-order valence-corrected chi connectivity index (χ0v) is 12.3. The molecule has 0 aliphatic carbocycles. The molecule has 0 aliphatic rings. The predicted molar refractivity (Wildman–Crippen MR) is 76.0 cm³/mol. The van der Waals surface area contributed by atoms with Crippen molar-refractivity contribution in [2.24, 2.45) is 5.73 Å². The van der Waals surface area contributed by atoms with Gasteiger partial charge in [-0.05, 0) is 58.6 Å². The average Bonchev–Trinajstić information content (AvgIpc) is 2.37. The Morgan fingerprint density at radius 2 is 1.74 bits per heavy atom. The van der Waals surface area contributed by atoms with Gasteiger partial charge < -0.3 is 5.73 Å². The van der Waals surface area contributed by atoms with Crippen molar-refractivity contribution in [3.63, 3.8) is 0 Å². The van der Waals surface area contributed by atoms with Gasteiger partial charge in [0.05, 0.1) is 10.5 Å². The summed E-state index contributed by atoms with van der Waals surface area (Å²) >= 11 is 3.05. The number of aryl methyl sites for hydroxylation is 2. The van der Waals surface area contributed by atoms with Crippen LogP contribution in [0.2, 0.25) is 0 Å². The first kappa shape index (κ1) is 14.2. The molecular weight excluding hydrogens is 312 g/mol. The van der Waals surface area contributed by atoms with E-state index in [9.17, 15) is 8.78 Å². The highest BCUT2D eigenvalue weighted by molar-refractivity contribution is 9.10. The van der Waals surface area contributed by atoms with Gasteiger partial charge in [0.2, 0.25) is 0 Å². The topological polar surface area (TPSA) is 26.0 Å². The summed E-state index contributed by atoms with van der Waals surface area (Å²) in [6.45, 7) is 3.92. The minimum atomic E-state index is -0.822. The normalized spacial score (nSPS) is 12.5. The molecule has 1 atom stereocenters. The molecule has 0 fully saturated rings. The van der Waals surface area contributed by atoms with E-state index in [1.165, 1.54) is 12.1 Å². The highest BCUT2D eigenvalue weighted by atomic mass is 79.9. The Morgan fingerprint density at radius 1 is 1.05 bits per heavy atom. The molecule has 0 aromatic heterocycles. The fourth-order valence-electron chi connectivity index (χ4n) is 1.95. The van der Waals surface area contributed by atoms with Crippen LogP contribution < -0.4 is 5.73 Å². The van der Waals surface area contributed by atoms with Gasteiger partial charge in [0.1, 0.15) is 11.6 Å². The lowest BCUT2D eigenvalue weighted by atomic mass is 9.95. The minimum Gasteiger partial charge on any atom is -0.320 e. The second-order valence-electron chi connectivity index (χ2n) is 4.58. The Morgan fingerprint density at radius 3 is 2.37 bits per heavy atom. The van der Waals surface area contributed by atoms with Gasteiger partial charge in [-0.3, -0.25) is 0 Å². The summed E-state index contributed by atoms with van der Waals surface area (Å²) in [5.41, 5.74) is 8.75. The van der Waals surface area contributed by atoms with Gasteiger partial charge in [0.25, 0.3) is 0 Å². The summed E-state index contributed by atoms with van der Waals surface area (Å²) in [6.07, 6.45) is 0. The van der Waals surface area contributed by atoms with Crippen molar-refractivity contribution in [1.82, 2.24) is 0 Å². The van der Waals surface area contributed by atoms with Crippen molar-refractivity contribution < 1.29 is 8.78 Å². The number of hydrogen-bond donors (Lipinski definition) is 1. The molecule has 2 aromatic carbocycles. The molecule has 0 aliphatic heterocycles. The van der Waals surface area contributed by atoms with E-state index in [1.54, 1.807) is 6.07 Å². The van der Waals surface area contributed by atoms with Crippen LogP contribution in [0, 0.1) is 25.5 Å². The maximum absolute atomic E-state index is 14.0. The van der Waals surface area contributed by atoms with E-state index in [0.29, 0.717) is 5.56 Å². The lowest BCUT2D eigenvalue weighted by Crippen LogP contribution is -2.16. The number of halogens is 3. The van der Waals surface area contributed by atoms with Crippen molar-refractivity contribution in [2.45, 2.75) is 19.9 Å². The van der Waals surface area contributed by atoms with E-state index in [1.807, 2.05) is 26.0 Å². The van der Waals surface area contributed by atoms with E-state index in [-0.39, 0.29) is 10.0 Å². The molecular formula is C15H14BrF2N. The SMILES string of the molecule is Cc1ccc(C(N)c2c(F)ccc(Br)c2F)cc1C. The Hall–Kier alpha value is -1.26. The van der Waals surface area contributed by atoms with E-state index in [2.05, 4.69) is 15.9 Å². The average molecular weight is 326 g/mol. The number of nitrogens with two attached hydrogens (primary N) is 1. The zero-order chi connectivity index (χ0) is 14.2. The summed E-state index contributed by atoms with van der Waals surface area (Å²) < 4.78 is 28.0. The van der Waals surface area contributed by atoms with Crippen LogP contribution in [0.5, 0.6) is 0 Å². The van der Waals surface area contributed by atoms with Crippen LogP contribution in [0.15, 0.2) is 34.8 Å². The number of benzene rings is 2. The Balaban J connectivity index is 2.52. The Kier molecular flexibility index (Phi) is 4.02. The number of hydrogen-bond acceptors (Lipinski definition) is 1. The van der Waals surface area contributed by atoms with Gasteiger partial charge in [-0.2, -0.15) is 0 Å². The molecule has 2 rings (SSSR count). The molecule has 1 unspecified atom stereocenters. The van der Waals surface area contributed by atoms with Crippen LogP contribution in [-0.2, 0) is 0 Å². The molecule has 0 amide bonds. The van der Waals surface area contributed by atoms with Crippen LogP contribution in [0.4, 0.5) is 8.78 Å². The van der Waals surface area contributed by atoms with Crippen molar-refractivity contribution in [3.05, 3.63) is 68.7 Å². The first-order valence-electron chi connectivity index (χ1n) is 5.88. The van der Waals surface area contributed by atoms with Gasteiger partial charge in [-0.15, -0.1) is 0 Å². The van der Waals surface area contributed by atoms with E-state index >= 15 is 0 Å². The van der Waals surface area contributed by atoms with Gasteiger partial charge in [-0.1, -0.05) is 18.2 Å². The molecule has 100 valence electrons. The molecule has 0 bridgehead atoms. The maximum atomic E-state index is 14.0. The summed E-state index contributed by atoms with van der Waals surface area (Å²) in [4.78, 5) is 0. The Labute approximate surface area is 119 Å². The predicted octanol–water partition coefficient (Wildman–Crippen LogP) is 4.39. The van der Waals surface area contributed by atoms with Gasteiger partial charge in [0, 0.05) is 5.56 Å². The molecule has 0 saturated carbocycles. The van der Waals surface area contributed by atoms with Crippen molar-refractivity contribution >= 4 is 15.9 Å². The third-order valence-corrected chi connectivity index (χ3v) is 3.89. The fourth-order valence-corrected chi connectivity index (χ4v) is 2.30. The Bertz CT molecular complexity index is 626. The molecule has 0 spiro atoms. The second-order valence-corrected chi connectivity index (χ2v) is 5.43. The standard InChI is InChI=1S/C15H14BrF2N/c1-8-3-4-10(7-9(8)2)15(19)13-12(17)6-5-11(16)14(13)18/h3-7,15H,19H2,1-2H3. The lowest BCUT2D eigenvalue weighted by molar-refractivity contribution is 0.539. The number of rotatable bonds is 2. The van der Waals surface area contributed by atoms with E-state index < -0.39 is 17.7 Å². The van der Waals surface area contributed by atoms with Crippen molar-refractivity contribution in [2.75, 3.05) is 0 Å².